The quantitative estimate of drug-likeness (QED) is 0.302. The number of amides is 1. The van der Waals surface area contributed by atoms with Gasteiger partial charge >= 0.3 is 6.09 Å². The van der Waals surface area contributed by atoms with E-state index in [1.54, 1.807) is 11.0 Å². The van der Waals surface area contributed by atoms with Gasteiger partial charge < -0.3 is 18.9 Å². The maximum Gasteiger partial charge on any atom is 0.410 e. The topological polar surface area (TPSA) is 69.5 Å². The zero-order valence-corrected chi connectivity index (χ0v) is 24.2. The Morgan fingerprint density at radius 2 is 1.97 bits per heavy atom. The van der Waals surface area contributed by atoms with Crippen LogP contribution in [-0.2, 0) is 22.6 Å². The summed E-state index contributed by atoms with van der Waals surface area (Å²) in [6.45, 7) is 19.3. The predicted molar refractivity (Wildman–Crippen MR) is 143 cm³/mol. The first-order valence-corrected chi connectivity index (χ1v) is 16.8. The van der Waals surface area contributed by atoms with Gasteiger partial charge in [0.2, 0.25) is 0 Å². The largest absolute Gasteiger partial charge is 0.444 e. The Labute approximate surface area is 216 Å². The monoisotopic (exact) mass is 518 g/mol. The molecule has 0 bridgehead atoms. The second-order valence-electron chi connectivity index (χ2n) is 12.1. The molecular weight excluding hydrogens is 475 g/mol. The lowest BCUT2D eigenvalue weighted by atomic mass is 9.83. The van der Waals surface area contributed by atoms with Crippen molar-refractivity contribution >= 4 is 14.2 Å². The van der Waals surface area contributed by atoms with Crippen LogP contribution in [0.25, 0.3) is 11.5 Å². The summed E-state index contributed by atoms with van der Waals surface area (Å²) in [5, 5.41) is 0. The van der Waals surface area contributed by atoms with Crippen LogP contribution in [0, 0.1) is 11.7 Å². The Bertz CT molecular complexity index is 1030. The van der Waals surface area contributed by atoms with E-state index < -0.39 is 13.7 Å². The van der Waals surface area contributed by atoms with E-state index in [1.165, 1.54) is 12.3 Å². The molecule has 9 heteroatoms. The molecule has 0 N–H and O–H groups in total. The van der Waals surface area contributed by atoms with Crippen LogP contribution >= 0.6 is 0 Å². The summed E-state index contributed by atoms with van der Waals surface area (Å²) in [5.41, 5.74) is 2.26. The molecule has 0 aromatic carbocycles. The SMILES string of the molecule is CCc1c(C2CCN(C(=O)OC(C)(C)C)CC2C)nc(-c2ccc(F)cn2)n1COCC[Si](C)(C)C. The number of piperidine rings is 1. The van der Waals surface area contributed by atoms with Gasteiger partial charge in [-0.25, -0.2) is 19.2 Å². The highest BCUT2D eigenvalue weighted by atomic mass is 28.3. The zero-order chi connectivity index (χ0) is 26.7. The van der Waals surface area contributed by atoms with Crippen LogP contribution in [0.1, 0.15) is 58.3 Å². The summed E-state index contributed by atoms with van der Waals surface area (Å²) in [7, 11) is -1.21. The fraction of sp³-hybridized carbons (Fsp3) is 0.667. The van der Waals surface area contributed by atoms with Gasteiger partial charge in [-0.1, -0.05) is 33.5 Å². The van der Waals surface area contributed by atoms with Crippen molar-refractivity contribution in [3.05, 3.63) is 35.5 Å². The maximum absolute atomic E-state index is 13.6. The number of rotatable bonds is 8. The number of ether oxygens (including phenoxy) is 2. The number of carbonyl (C=O) groups excluding carboxylic acids is 1. The van der Waals surface area contributed by atoms with Crippen LogP contribution < -0.4 is 0 Å². The van der Waals surface area contributed by atoms with E-state index in [0.717, 1.165) is 30.3 Å². The smallest absolute Gasteiger partial charge is 0.410 e. The molecule has 1 saturated heterocycles. The third-order valence-corrected chi connectivity index (χ3v) is 8.22. The van der Waals surface area contributed by atoms with E-state index in [1.807, 2.05) is 20.8 Å². The standard InChI is InChI=1S/C27H43FN4O3Si/c1-9-23-24(21-12-13-31(17-19(21)2)26(33)35-27(3,4)5)30-25(22-11-10-20(28)16-29-22)32(23)18-34-14-15-36(6,7)8/h10-11,16,19,21H,9,12-15,17-18H2,1-8H3. The Morgan fingerprint density at radius 3 is 2.53 bits per heavy atom. The lowest BCUT2D eigenvalue weighted by molar-refractivity contribution is 0.0153. The molecule has 2 atom stereocenters. The highest BCUT2D eigenvalue weighted by molar-refractivity contribution is 6.76. The molecule has 7 nitrogen and oxygen atoms in total. The van der Waals surface area contributed by atoms with Crippen molar-refractivity contribution < 1.29 is 18.7 Å². The second-order valence-corrected chi connectivity index (χ2v) is 17.7. The van der Waals surface area contributed by atoms with E-state index >= 15 is 0 Å². The highest BCUT2D eigenvalue weighted by Crippen LogP contribution is 2.37. The van der Waals surface area contributed by atoms with Crippen LogP contribution in [-0.4, -0.2) is 58.9 Å². The predicted octanol–water partition coefficient (Wildman–Crippen LogP) is 6.32. The zero-order valence-electron chi connectivity index (χ0n) is 23.2. The van der Waals surface area contributed by atoms with Crippen molar-refractivity contribution in [3.8, 4) is 11.5 Å². The molecule has 3 rings (SSSR count). The molecule has 0 aliphatic carbocycles. The molecule has 1 aliphatic heterocycles. The minimum atomic E-state index is -1.21. The van der Waals surface area contributed by atoms with Crippen molar-refractivity contribution in [1.29, 1.82) is 0 Å². The molecule has 1 aliphatic rings. The van der Waals surface area contributed by atoms with Crippen LogP contribution in [0.5, 0.6) is 0 Å². The third-order valence-electron chi connectivity index (χ3n) is 6.52. The van der Waals surface area contributed by atoms with Gasteiger partial charge in [0.25, 0.3) is 0 Å². The Balaban J connectivity index is 1.88. The van der Waals surface area contributed by atoms with Crippen molar-refractivity contribution in [2.24, 2.45) is 5.92 Å². The summed E-state index contributed by atoms with van der Waals surface area (Å²) in [5.74, 6) is 0.738. The number of carbonyl (C=O) groups is 1. The van der Waals surface area contributed by atoms with Crippen LogP contribution in [0.4, 0.5) is 9.18 Å². The first-order chi connectivity index (χ1) is 16.8. The van der Waals surface area contributed by atoms with Gasteiger partial charge in [0.1, 0.15) is 23.8 Å². The molecule has 200 valence electrons. The maximum atomic E-state index is 13.6. The lowest BCUT2D eigenvalue weighted by Gasteiger charge is -2.37. The van der Waals surface area contributed by atoms with Gasteiger partial charge in [0.05, 0.1) is 11.9 Å². The molecule has 1 fully saturated rings. The number of hydrogen-bond donors (Lipinski definition) is 0. The van der Waals surface area contributed by atoms with Crippen molar-refractivity contribution in [2.75, 3.05) is 19.7 Å². The normalized spacial score (nSPS) is 19.0. The number of likely N-dealkylation sites (tertiary alicyclic amines) is 1. The molecule has 3 heterocycles. The van der Waals surface area contributed by atoms with Crippen molar-refractivity contribution in [2.45, 2.75) is 91.4 Å². The summed E-state index contributed by atoms with van der Waals surface area (Å²) >= 11 is 0. The summed E-state index contributed by atoms with van der Waals surface area (Å²) < 4.78 is 27.4. The van der Waals surface area contributed by atoms with E-state index in [-0.39, 0.29) is 23.7 Å². The van der Waals surface area contributed by atoms with Gasteiger partial charge in [-0.15, -0.1) is 0 Å². The van der Waals surface area contributed by atoms with Gasteiger partial charge in [-0.2, -0.15) is 0 Å². The minimum absolute atomic E-state index is 0.195. The fourth-order valence-electron chi connectivity index (χ4n) is 4.59. The van der Waals surface area contributed by atoms with Gasteiger partial charge in [-0.3, -0.25) is 0 Å². The van der Waals surface area contributed by atoms with Crippen molar-refractivity contribution in [1.82, 2.24) is 19.4 Å². The Kier molecular flexibility index (Phi) is 8.98. The van der Waals surface area contributed by atoms with Crippen LogP contribution in [0.2, 0.25) is 25.7 Å². The van der Waals surface area contributed by atoms with Crippen LogP contribution in [0.15, 0.2) is 18.3 Å². The summed E-state index contributed by atoms with van der Waals surface area (Å²) in [4.78, 5) is 23.9. The van der Waals surface area contributed by atoms with Crippen molar-refractivity contribution in [3.63, 3.8) is 0 Å². The summed E-state index contributed by atoms with van der Waals surface area (Å²) in [6, 6.07) is 4.18. The number of imidazole rings is 1. The lowest BCUT2D eigenvalue weighted by Crippen LogP contribution is -2.44. The molecule has 2 aromatic rings. The highest BCUT2D eigenvalue weighted by Gasteiger charge is 2.35. The van der Waals surface area contributed by atoms with E-state index in [4.69, 9.17) is 14.5 Å². The molecule has 0 radical (unpaired) electrons. The average Bonchev–Trinajstić information content (AvgIpc) is 3.13. The number of aromatic nitrogens is 3. The molecule has 2 unspecified atom stereocenters. The number of nitrogens with zero attached hydrogens (tertiary/aromatic N) is 4. The van der Waals surface area contributed by atoms with Gasteiger partial charge in [0, 0.05) is 39.4 Å². The number of halogens is 1. The molecule has 0 spiro atoms. The fourth-order valence-corrected chi connectivity index (χ4v) is 5.35. The average molecular weight is 519 g/mol. The molecule has 0 saturated carbocycles. The molecule has 1 amide bonds. The molecule has 2 aromatic heterocycles. The minimum Gasteiger partial charge on any atom is -0.444 e. The third kappa shape index (κ3) is 7.38. The number of pyridine rings is 1. The van der Waals surface area contributed by atoms with E-state index in [2.05, 4.69) is 43.0 Å². The second kappa shape index (κ2) is 11.4. The number of hydrogen-bond acceptors (Lipinski definition) is 5. The van der Waals surface area contributed by atoms with Gasteiger partial charge in [-0.05, 0) is 57.7 Å². The van der Waals surface area contributed by atoms with E-state index in [9.17, 15) is 9.18 Å². The first kappa shape index (κ1) is 28.3. The van der Waals surface area contributed by atoms with Crippen LogP contribution in [0.3, 0.4) is 0 Å². The Hall–Kier alpha value is -2.26. The van der Waals surface area contributed by atoms with E-state index in [0.29, 0.717) is 37.9 Å². The molecular formula is C27H43FN4O3Si. The first-order valence-electron chi connectivity index (χ1n) is 13.1. The molecule has 36 heavy (non-hydrogen) atoms. The Morgan fingerprint density at radius 1 is 1.25 bits per heavy atom. The van der Waals surface area contributed by atoms with Gasteiger partial charge in [0.15, 0.2) is 5.82 Å². The summed E-state index contributed by atoms with van der Waals surface area (Å²) in [6.07, 6.45) is 2.56.